The van der Waals surface area contributed by atoms with E-state index in [9.17, 15) is 9.90 Å². The van der Waals surface area contributed by atoms with Gasteiger partial charge < -0.3 is 14.3 Å². The van der Waals surface area contributed by atoms with Crippen LogP contribution < -0.4 is 5.38 Å². The van der Waals surface area contributed by atoms with Crippen molar-refractivity contribution in [2.24, 2.45) is 0 Å². The maximum atomic E-state index is 11.6. The Labute approximate surface area is 109 Å². The number of hydrogen-bond acceptors (Lipinski definition) is 4. The van der Waals surface area contributed by atoms with Gasteiger partial charge in [0, 0.05) is 0 Å². The van der Waals surface area contributed by atoms with Gasteiger partial charge in [0.2, 0.25) is 6.10 Å². The summed E-state index contributed by atoms with van der Waals surface area (Å²) in [5.41, 5.74) is 0. The van der Waals surface area contributed by atoms with Crippen molar-refractivity contribution < 1.29 is 19.1 Å². The normalized spacial score (nSPS) is 13.4. The molecule has 0 unspecified atom stereocenters. The van der Waals surface area contributed by atoms with Gasteiger partial charge in [-0.15, -0.1) is 0 Å². The molecule has 0 saturated carbocycles. The topological polar surface area (TPSA) is 59.7 Å². The maximum Gasteiger partial charge on any atom is 0.342 e. The Kier molecular flexibility index (Phi) is 5.16. The van der Waals surface area contributed by atoms with Crippen molar-refractivity contribution in [2.75, 3.05) is 6.61 Å². The van der Waals surface area contributed by atoms with E-state index in [1.54, 1.807) is 6.07 Å². The second kappa shape index (κ2) is 6.20. The highest BCUT2D eigenvalue weighted by atomic mass is 28.3. The first-order valence-electron chi connectivity index (χ1n) is 6.31. The molecule has 0 spiro atoms. The number of ether oxygens (including phenoxy) is 1. The molecule has 0 radical (unpaired) electrons. The van der Waals surface area contributed by atoms with Crippen LogP contribution in [0.25, 0.3) is 0 Å². The first kappa shape index (κ1) is 15.0. The molecule has 4 nitrogen and oxygen atoms in total. The van der Waals surface area contributed by atoms with Gasteiger partial charge in [-0.2, -0.15) is 0 Å². The van der Waals surface area contributed by atoms with Crippen LogP contribution in [-0.2, 0) is 9.53 Å². The zero-order valence-electron chi connectivity index (χ0n) is 11.5. The summed E-state index contributed by atoms with van der Waals surface area (Å²) in [6.07, 6.45) is 0.438. The van der Waals surface area contributed by atoms with E-state index in [1.807, 2.05) is 13.0 Å². The Morgan fingerprint density at radius 3 is 2.61 bits per heavy atom. The summed E-state index contributed by atoms with van der Waals surface area (Å²) >= 11 is 0. The molecule has 1 atom stereocenters. The Morgan fingerprint density at radius 2 is 2.11 bits per heavy atom. The van der Waals surface area contributed by atoms with Crippen LogP contribution in [-0.4, -0.2) is 25.8 Å². The number of carbonyl (C=O) groups is 1. The van der Waals surface area contributed by atoms with E-state index in [1.165, 1.54) is 0 Å². The number of esters is 1. The van der Waals surface area contributed by atoms with Gasteiger partial charge in [0.05, 0.1) is 12.0 Å². The molecular weight excluding hydrogens is 248 g/mol. The van der Waals surface area contributed by atoms with Crippen LogP contribution in [0, 0.1) is 0 Å². The van der Waals surface area contributed by atoms with Crippen LogP contribution >= 0.6 is 0 Å². The van der Waals surface area contributed by atoms with Crippen LogP contribution in [0.4, 0.5) is 0 Å². The predicted molar refractivity (Wildman–Crippen MR) is 72.5 cm³/mol. The van der Waals surface area contributed by atoms with E-state index in [2.05, 4.69) is 19.6 Å². The molecule has 0 aromatic carbocycles. The summed E-state index contributed by atoms with van der Waals surface area (Å²) in [7, 11) is -1.55. The molecule has 0 aliphatic rings. The minimum atomic E-state index is -1.55. The van der Waals surface area contributed by atoms with Crippen LogP contribution in [0.1, 0.15) is 31.6 Å². The lowest BCUT2D eigenvalue weighted by Gasteiger charge is -2.12. The molecule has 1 N–H and O–H groups in total. The maximum absolute atomic E-state index is 11.6. The first-order valence-corrected chi connectivity index (χ1v) is 9.81. The summed E-state index contributed by atoms with van der Waals surface area (Å²) in [6.45, 7) is 8.77. The van der Waals surface area contributed by atoms with Gasteiger partial charge in [0.1, 0.15) is 13.8 Å². The molecule has 18 heavy (non-hydrogen) atoms. The van der Waals surface area contributed by atoms with Crippen LogP contribution in [0.2, 0.25) is 19.6 Å². The van der Waals surface area contributed by atoms with Crippen LogP contribution in [0.3, 0.4) is 0 Å². The smallest absolute Gasteiger partial charge is 0.342 e. The average Bonchev–Trinajstić information content (AvgIpc) is 2.77. The lowest BCUT2D eigenvalue weighted by molar-refractivity contribution is -0.154. The molecule has 1 aromatic rings. The van der Waals surface area contributed by atoms with E-state index in [0.29, 0.717) is 6.61 Å². The Hall–Kier alpha value is -1.07. The third-order valence-corrected chi connectivity index (χ3v) is 4.35. The molecule has 0 amide bonds. The molecule has 1 aromatic heterocycles. The van der Waals surface area contributed by atoms with E-state index in [0.717, 1.165) is 18.2 Å². The van der Waals surface area contributed by atoms with Gasteiger partial charge in [-0.25, -0.2) is 4.79 Å². The Morgan fingerprint density at radius 1 is 1.44 bits per heavy atom. The molecule has 0 fully saturated rings. The van der Waals surface area contributed by atoms with Gasteiger partial charge >= 0.3 is 5.97 Å². The largest absolute Gasteiger partial charge is 0.468 e. The standard InChI is InChI=1S/C13H22O4Si/c1-5-6-9-16-13(15)12(14)10-7-8-11(17-10)18(2,3)4/h7-8,12,14H,5-6,9H2,1-4H3/t12-/m0/s1. The fourth-order valence-electron chi connectivity index (χ4n) is 1.42. The molecule has 0 saturated heterocycles. The van der Waals surface area contributed by atoms with Gasteiger partial charge in [-0.3, -0.25) is 0 Å². The third-order valence-electron chi connectivity index (χ3n) is 2.60. The summed E-state index contributed by atoms with van der Waals surface area (Å²) < 4.78 is 10.5. The Bertz CT molecular complexity index is 392. The summed E-state index contributed by atoms with van der Waals surface area (Å²) in [4.78, 5) is 11.6. The van der Waals surface area contributed by atoms with Crippen LogP contribution in [0.15, 0.2) is 16.5 Å². The molecular formula is C13H22O4Si. The highest BCUT2D eigenvalue weighted by Gasteiger charge is 2.26. The van der Waals surface area contributed by atoms with Crippen molar-refractivity contribution in [3.05, 3.63) is 17.9 Å². The lowest BCUT2D eigenvalue weighted by Crippen LogP contribution is -2.36. The zero-order valence-corrected chi connectivity index (χ0v) is 12.5. The Balaban J connectivity index is 2.64. The number of carbonyl (C=O) groups excluding carboxylic acids is 1. The minimum Gasteiger partial charge on any atom is -0.468 e. The lowest BCUT2D eigenvalue weighted by atomic mass is 10.3. The van der Waals surface area contributed by atoms with Crippen molar-refractivity contribution in [1.29, 1.82) is 0 Å². The first-order chi connectivity index (χ1) is 8.36. The SMILES string of the molecule is CCCCOC(=O)[C@@H](O)c1ccc([Si](C)(C)C)o1. The number of hydrogen-bond donors (Lipinski definition) is 1. The van der Waals surface area contributed by atoms with E-state index in [-0.39, 0.29) is 5.76 Å². The third kappa shape index (κ3) is 3.99. The van der Waals surface area contributed by atoms with E-state index in [4.69, 9.17) is 9.15 Å². The van der Waals surface area contributed by atoms with Crippen LogP contribution in [0.5, 0.6) is 0 Å². The fraction of sp³-hybridized carbons (Fsp3) is 0.615. The number of aliphatic hydroxyl groups is 1. The number of furan rings is 1. The molecule has 5 heteroatoms. The van der Waals surface area contributed by atoms with E-state index >= 15 is 0 Å². The monoisotopic (exact) mass is 270 g/mol. The van der Waals surface area contributed by atoms with Gasteiger partial charge in [-0.1, -0.05) is 33.0 Å². The van der Waals surface area contributed by atoms with E-state index < -0.39 is 20.1 Å². The molecule has 1 heterocycles. The highest BCUT2D eigenvalue weighted by Crippen LogP contribution is 2.16. The molecule has 0 aliphatic heterocycles. The number of aliphatic hydroxyl groups excluding tert-OH is 1. The van der Waals surface area contributed by atoms with Crippen molar-refractivity contribution in [1.82, 2.24) is 0 Å². The average molecular weight is 270 g/mol. The summed E-state index contributed by atoms with van der Waals surface area (Å²) in [5, 5.41) is 10.7. The molecule has 102 valence electrons. The second-order valence-electron chi connectivity index (χ2n) is 5.38. The van der Waals surface area contributed by atoms with Crippen molar-refractivity contribution >= 4 is 19.4 Å². The van der Waals surface area contributed by atoms with Gasteiger partial charge in [-0.05, 0) is 18.6 Å². The van der Waals surface area contributed by atoms with Gasteiger partial charge in [0.25, 0.3) is 0 Å². The van der Waals surface area contributed by atoms with Crippen molar-refractivity contribution in [2.45, 2.75) is 45.5 Å². The van der Waals surface area contributed by atoms with Crippen molar-refractivity contribution in [3.63, 3.8) is 0 Å². The summed E-state index contributed by atoms with van der Waals surface area (Å²) in [5.74, 6) is -0.367. The van der Waals surface area contributed by atoms with Gasteiger partial charge in [0.15, 0.2) is 0 Å². The molecule has 0 bridgehead atoms. The fourth-order valence-corrected chi connectivity index (χ4v) is 2.42. The number of rotatable bonds is 6. The van der Waals surface area contributed by atoms with Crippen molar-refractivity contribution in [3.8, 4) is 0 Å². The summed E-state index contributed by atoms with van der Waals surface area (Å²) in [6, 6.07) is 3.49. The molecule has 1 rings (SSSR count). The molecule has 0 aliphatic carbocycles. The predicted octanol–water partition coefficient (Wildman–Crippen LogP) is 2.20. The second-order valence-corrected chi connectivity index (χ2v) is 10.4. The number of unbranched alkanes of at least 4 members (excludes halogenated alkanes) is 1. The zero-order chi connectivity index (χ0) is 13.8. The quantitative estimate of drug-likeness (QED) is 0.489. The minimum absolute atomic E-state index is 0.272. The highest BCUT2D eigenvalue weighted by molar-refractivity contribution is 6.87.